The lowest BCUT2D eigenvalue weighted by molar-refractivity contribution is -0.145. The number of hydrogen-bond donors (Lipinski definition) is 4. The molecule has 0 radical (unpaired) electrons. The lowest BCUT2D eigenvalue weighted by Gasteiger charge is -2.42. The van der Waals surface area contributed by atoms with E-state index < -0.39 is 18.6 Å². The van der Waals surface area contributed by atoms with Crippen LogP contribution >= 0.6 is 23.2 Å². The highest BCUT2D eigenvalue weighted by atomic mass is 35.5. The van der Waals surface area contributed by atoms with Gasteiger partial charge in [0.25, 0.3) is 0 Å². The predicted octanol–water partition coefficient (Wildman–Crippen LogP) is 2.24. The number of likely N-dealkylation sites (tertiary alicyclic amines) is 1. The Morgan fingerprint density at radius 3 is 2.54 bits per heavy atom. The molecule has 0 aliphatic carbocycles. The first-order valence-electron chi connectivity index (χ1n) is 8.74. The van der Waals surface area contributed by atoms with Crippen LogP contribution in [0.5, 0.6) is 0 Å². The van der Waals surface area contributed by atoms with Crippen LogP contribution in [-0.4, -0.2) is 51.8 Å². The molecule has 5 N–H and O–H groups in total. The summed E-state index contributed by atoms with van der Waals surface area (Å²) < 4.78 is 0. The van der Waals surface area contributed by atoms with Crippen molar-refractivity contribution in [2.45, 2.75) is 44.1 Å². The van der Waals surface area contributed by atoms with Gasteiger partial charge in [0.2, 0.25) is 0 Å². The minimum absolute atomic E-state index is 0.233. The van der Waals surface area contributed by atoms with Gasteiger partial charge in [0, 0.05) is 19.6 Å². The zero-order valence-corrected chi connectivity index (χ0v) is 16.1. The molecule has 0 aromatic heterocycles. The Hall–Kier alpha value is -0.825. The molecule has 1 aromatic rings. The molecule has 26 heavy (non-hydrogen) atoms. The first-order valence-corrected chi connectivity index (χ1v) is 9.50. The highest BCUT2D eigenvalue weighted by Crippen LogP contribution is 2.30. The van der Waals surface area contributed by atoms with Gasteiger partial charge >= 0.3 is 13.1 Å². The second kappa shape index (κ2) is 9.40. The van der Waals surface area contributed by atoms with Crippen LogP contribution in [0.15, 0.2) is 18.2 Å². The molecule has 1 fully saturated rings. The van der Waals surface area contributed by atoms with Crippen LogP contribution in [0.25, 0.3) is 0 Å². The summed E-state index contributed by atoms with van der Waals surface area (Å²) in [5.74, 6) is -0.757. The van der Waals surface area contributed by atoms with E-state index >= 15 is 0 Å². The van der Waals surface area contributed by atoms with Crippen molar-refractivity contribution in [3.63, 3.8) is 0 Å². The molecule has 144 valence electrons. The zero-order chi connectivity index (χ0) is 19.3. The van der Waals surface area contributed by atoms with Gasteiger partial charge in [-0.05, 0) is 42.8 Å². The number of rotatable bonds is 10. The third-order valence-corrected chi connectivity index (χ3v) is 5.58. The summed E-state index contributed by atoms with van der Waals surface area (Å²) in [6.07, 6.45) is 2.08. The van der Waals surface area contributed by atoms with Crippen molar-refractivity contribution in [2.24, 2.45) is 11.7 Å². The Kier molecular flexibility index (Phi) is 7.76. The number of nitrogens with two attached hydrogens (primary N) is 1. The average Bonchev–Trinajstić information content (AvgIpc) is 2.52. The Balaban J connectivity index is 1.78. The van der Waals surface area contributed by atoms with Gasteiger partial charge in [0.15, 0.2) is 0 Å². The van der Waals surface area contributed by atoms with Crippen LogP contribution in [0.1, 0.15) is 31.2 Å². The third-order valence-electron chi connectivity index (χ3n) is 4.84. The van der Waals surface area contributed by atoms with E-state index in [-0.39, 0.29) is 12.2 Å². The topological polar surface area (TPSA) is 107 Å². The molecule has 1 aromatic carbocycles. The molecule has 0 spiro atoms. The van der Waals surface area contributed by atoms with E-state index in [1.807, 2.05) is 12.1 Å². The first kappa shape index (κ1) is 21.5. The molecule has 1 aliphatic heterocycles. The van der Waals surface area contributed by atoms with Crippen LogP contribution in [-0.2, 0) is 11.3 Å². The van der Waals surface area contributed by atoms with Gasteiger partial charge in [-0.15, -0.1) is 0 Å². The van der Waals surface area contributed by atoms with Gasteiger partial charge in [0.05, 0.1) is 10.0 Å². The molecular formula is C17H25BCl2N2O4. The fraction of sp³-hybridized carbons (Fsp3) is 0.588. The second-order valence-electron chi connectivity index (χ2n) is 7.20. The van der Waals surface area contributed by atoms with Crippen LogP contribution < -0.4 is 5.73 Å². The molecule has 0 saturated carbocycles. The molecule has 1 unspecified atom stereocenters. The van der Waals surface area contributed by atoms with E-state index in [0.29, 0.717) is 35.7 Å². The van der Waals surface area contributed by atoms with Gasteiger partial charge < -0.3 is 20.9 Å². The third kappa shape index (κ3) is 6.11. The first-order chi connectivity index (χ1) is 12.2. The van der Waals surface area contributed by atoms with Crippen molar-refractivity contribution in [3.8, 4) is 0 Å². The lowest BCUT2D eigenvalue weighted by Crippen LogP contribution is -2.55. The average molecular weight is 403 g/mol. The number of hydrogen-bond acceptors (Lipinski definition) is 5. The van der Waals surface area contributed by atoms with E-state index in [1.54, 1.807) is 6.07 Å². The Bertz CT molecular complexity index is 629. The number of carboxylic acids is 1. The predicted molar refractivity (Wildman–Crippen MR) is 103 cm³/mol. The summed E-state index contributed by atoms with van der Waals surface area (Å²) in [6, 6.07) is 5.55. The molecule has 1 heterocycles. The van der Waals surface area contributed by atoms with E-state index in [4.69, 9.17) is 39.0 Å². The highest BCUT2D eigenvalue weighted by molar-refractivity contribution is 6.42. The number of unbranched alkanes of at least 4 members (excludes halogenated alkanes) is 1. The standard InChI is InChI=1S/C17H25BCl2N2O4/c19-14-4-3-12(7-15(14)20)9-22-10-13(11-22)8-17(21,16(23)24)5-1-2-6-18(25)26/h3-4,7,13,25-26H,1-2,5-6,8-11,21H2,(H,23,24). The van der Waals surface area contributed by atoms with Crippen molar-refractivity contribution in [1.29, 1.82) is 0 Å². The van der Waals surface area contributed by atoms with E-state index in [2.05, 4.69) is 4.90 Å². The smallest absolute Gasteiger partial charge is 0.451 e. The summed E-state index contributed by atoms with van der Waals surface area (Å²) in [5.41, 5.74) is 5.93. The second-order valence-corrected chi connectivity index (χ2v) is 8.01. The van der Waals surface area contributed by atoms with Crippen molar-refractivity contribution in [2.75, 3.05) is 13.1 Å². The molecule has 0 bridgehead atoms. The van der Waals surface area contributed by atoms with Gasteiger partial charge in [-0.3, -0.25) is 9.69 Å². The van der Waals surface area contributed by atoms with Crippen molar-refractivity contribution < 1.29 is 19.9 Å². The van der Waals surface area contributed by atoms with Crippen molar-refractivity contribution >= 4 is 36.3 Å². The minimum atomic E-state index is -1.35. The summed E-state index contributed by atoms with van der Waals surface area (Å²) in [7, 11) is -1.35. The largest absolute Gasteiger partial charge is 0.480 e. The Labute approximate surface area is 164 Å². The highest BCUT2D eigenvalue weighted by Gasteiger charge is 2.39. The van der Waals surface area contributed by atoms with Gasteiger partial charge in [-0.1, -0.05) is 42.1 Å². The molecule has 1 aliphatic rings. The molecule has 2 rings (SSSR count). The van der Waals surface area contributed by atoms with Crippen LogP contribution in [0, 0.1) is 5.92 Å². The number of aliphatic carboxylic acids is 1. The van der Waals surface area contributed by atoms with Gasteiger partial charge in [0.1, 0.15) is 5.54 Å². The van der Waals surface area contributed by atoms with Crippen LogP contribution in [0.3, 0.4) is 0 Å². The number of carboxylic acid groups (broad SMARTS) is 1. The number of benzene rings is 1. The fourth-order valence-corrected chi connectivity index (χ4v) is 3.73. The maximum absolute atomic E-state index is 11.6. The van der Waals surface area contributed by atoms with E-state index in [0.717, 1.165) is 25.2 Å². The van der Waals surface area contributed by atoms with E-state index in [1.165, 1.54) is 0 Å². The van der Waals surface area contributed by atoms with Gasteiger partial charge in [-0.2, -0.15) is 0 Å². The van der Waals surface area contributed by atoms with Crippen molar-refractivity contribution in [3.05, 3.63) is 33.8 Å². The summed E-state index contributed by atoms with van der Waals surface area (Å²) in [4.78, 5) is 13.8. The monoisotopic (exact) mass is 402 g/mol. The molecule has 0 amide bonds. The quantitative estimate of drug-likeness (QED) is 0.353. The van der Waals surface area contributed by atoms with Crippen LogP contribution in [0.4, 0.5) is 0 Å². The Morgan fingerprint density at radius 1 is 1.27 bits per heavy atom. The maximum Gasteiger partial charge on any atom is 0.451 e. The van der Waals surface area contributed by atoms with E-state index in [9.17, 15) is 9.90 Å². The summed E-state index contributed by atoms with van der Waals surface area (Å²) >= 11 is 11.9. The lowest BCUT2D eigenvalue weighted by atomic mass is 9.78. The fourth-order valence-electron chi connectivity index (χ4n) is 3.41. The number of carbonyl (C=O) groups is 1. The number of nitrogens with zero attached hydrogens (tertiary/aromatic N) is 1. The molecule has 9 heteroatoms. The molecule has 1 saturated heterocycles. The minimum Gasteiger partial charge on any atom is -0.480 e. The molecule has 1 atom stereocenters. The zero-order valence-electron chi connectivity index (χ0n) is 14.6. The molecule has 6 nitrogen and oxygen atoms in total. The van der Waals surface area contributed by atoms with Crippen molar-refractivity contribution in [1.82, 2.24) is 4.90 Å². The maximum atomic E-state index is 11.6. The molecular weight excluding hydrogens is 378 g/mol. The van der Waals surface area contributed by atoms with Gasteiger partial charge in [-0.25, -0.2) is 0 Å². The Morgan fingerprint density at radius 2 is 1.96 bits per heavy atom. The SMILES string of the molecule is NC(CCCCB(O)O)(CC1CN(Cc2ccc(Cl)c(Cl)c2)C1)C(=O)O. The normalized spacial score (nSPS) is 17.6. The summed E-state index contributed by atoms with van der Waals surface area (Å²) in [5, 5.41) is 28.3. The summed E-state index contributed by atoms with van der Waals surface area (Å²) in [6.45, 7) is 2.33. The number of halogens is 2. The van der Waals surface area contributed by atoms with Crippen LogP contribution in [0.2, 0.25) is 16.4 Å².